The summed E-state index contributed by atoms with van der Waals surface area (Å²) in [4.78, 5) is 27.9. The minimum absolute atomic E-state index is 0.171. The maximum absolute atomic E-state index is 12.7. The number of fused-ring (bicyclic) bond motifs is 2. The SMILES string of the molecule is [2H]c1cc2c(N)c(-c3nc4c([2H])c(N5CCN(C)CC5)c([2H])cc4[nH]3)c(=O)[nH]c2s1. The van der Waals surface area contributed by atoms with Gasteiger partial charge in [0.05, 0.1) is 20.8 Å². The van der Waals surface area contributed by atoms with Crippen LogP contribution in [0.15, 0.2) is 34.4 Å². The van der Waals surface area contributed by atoms with Crippen molar-refractivity contribution in [3.8, 4) is 11.4 Å². The number of nitrogens with zero attached hydrogens (tertiary/aromatic N) is 3. The van der Waals surface area contributed by atoms with Crippen molar-refractivity contribution in [1.29, 1.82) is 0 Å². The first kappa shape index (κ1) is 13.3. The fourth-order valence-electron chi connectivity index (χ4n) is 3.41. The lowest BCUT2D eigenvalue weighted by molar-refractivity contribution is 0.313. The number of imidazole rings is 1. The second kappa shape index (κ2) is 6.11. The molecule has 1 aliphatic rings. The Balaban J connectivity index is 1.67. The highest BCUT2D eigenvalue weighted by molar-refractivity contribution is 7.16. The van der Waals surface area contributed by atoms with Crippen molar-refractivity contribution in [2.45, 2.75) is 0 Å². The molecule has 4 aromatic rings. The van der Waals surface area contributed by atoms with Crippen LogP contribution in [0, 0.1) is 0 Å². The topological polar surface area (TPSA) is 94.0 Å². The van der Waals surface area contributed by atoms with Crippen LogP contribution in [-0.4, -0.2) is 53.1 Å². The molecule has 0 bridgehead atoms. The number of aromatic nitrogens is 3. The number of H-pyrrole nitrogens is 2. The van der Waals surface area contributed by atoms with Crippen molar-refractivity contribution in [1.82, 2.24) is 19.9 Å². The van der Waals surface area contributed by atoms with Gasteiger partial charge in [-0.2, -0.15) is 0 Å². The number of thiophene rings is 1. The Labute approximate surface area is 163 Å². The molecule has 27 heavy (non-hydrogen) atoms. The van der Waals surface area contributed by atoms with Gasteiger partial charge in [-0.3, -0.25) is 4.79 Å². The third kappa shape index (κ3) is 2.68. The molecule has 0 spiro atoms. The summed E-state index contributed by atoms with van der Waals surface area (Å²) < 4.78 is 24.9. The first-order valence-electron chi connectivity index (χ1n) is 10.2. The summed E-state index contributed by atoms with van der Waals surface area (Å²) in [5.74, 6) is 0.256. The zero-order valence-corrected chi connectivity index (χ0v) is 15.5. The molecule has 0 unspecified atom stereocenters. The Bertz CT molecular complexity index is 1350. The second-order valence-corrected chi connectivity index (χ2v) is 7.60. The van der Waals surface area contributed by atoms with Gasteiger partial charge in [-0.1, -0.05) is 0 Å². The summed E-state index contributed by atoms with van der Waals surface area (Å²) in [6.45, 7) is 3.22. The van der Waals surface area contributed by atoms with Gasteiger partial charge in [0.15, 0.2) is 0 Å². The van der Waals surface area contributed by atoms with E-state index in [1.54, 1.807) is 12.1 Å². The molecule has 0 aliphatic carbocycles. The highest BCUT2D eigenvalue weighted by Gasteiger charge is 2.18. The van der Waals surface area contributed by atoms with Gasteiger partial charge in [-0.25, -0.2) is 4.98 Å². The van der Waals surface area contributed by atoms with Crippen molar-refractivity contribution >= 4 is 44.0 Å². The first-order chi connectivity index (χ1) is 14.3. The quantitative estimate of drug-likeness (QED) is 0.494. The molecule has 4 N–H and O–H groups in total. The molecule has 5 rings (SSSR count). The van der Waals surface area contributed by atoms with Gasteiger partial charge in [0.2, 0.25) is 0 Å². The van der Waals surface area contributed by atoms with E-state index >= 15 is 0 Å². The summed E-state index contributed by atoms with van der Waals surface area (Å²) in [6, 6.07) is 3.68. The van der Waals surface area contributed by atoms with E-state index in [4.69, 9.17) is 9.85 Å². The van der Waals surface area contributed by atoms with E-state index in [9.17, 15) is 4.79 Å². The van der Waals surface area contributed by atoms with Crippen molar-refractivity contribution < 1.29 is 4.11 Å². The molecule has 1 fully saturated rings. The molecule has 1 aromatic carbocycles. The van der Waals surface area contributed by atoms with E-state index < -0.39 is 5.56 Å². The van der Waals surface area contributed by atoms with Gasteiger partial charge in [-0.15, -0.1) is 11.3 Å². The summed E-state index contributed by atoms with van der Waals surface area (Å²) in [5, 5.41) is 0.906. The summed E-state index contributed by atoms with van der Waals surface area (Å²) in [7, 11) is 2.06. The number of nitrogens with two attached hydrogens (primary N) is 1. The average Bonchev–Trinajstić information content (AvgIpc) is 3.26. The van der Waals surface area contributed by atoms with Gasteiger partial charge < -0.3 is 25.5 Å². The normalized spacial score (nSPS) is 17.4. The van der Waals surface area contributed by atoms with Crippen LogP contribution < -0.4 is 16.2 Å². The maximum atomic E-state index is 12.7. The molecule has 0 saturated carbocycles. The van der Waals surface area contributed by atoms with Gasteiger partial charge in [-0.05, 0) is 36.6 Å². The van der Waals surface area contributed by atoms with E-state index in [2.05, 4.69) is 26.9 Å². The van der Waals surface area contributed by atoms with Gasteiger partial charge >= 0.3 is 0 Å². The monoisotopic (exact) mass is 383 g/mol. The highest BCUT2D eigenvalue weighted by Crippen LogP contribution is 2.31. The fourth-order valence-corrected chi connectivity index (χ4v) is 4.13. The predicted octanol–water partition coefficient (Wildman–Crippen LogP) is 2.47. The van der Waals surface area contributed by atoms with Crippen LogP contribution in [0.25, 0.3) is 32.6 Å². The van der Waals surface area contributed by atoms with Crippen LogP contribution >= 0.6 is 11.3 Å². The van der Waals surface area contributed by atoms with Crippen molar-refractivity contribution in [2.24, 2.45) is 0 Å². The molecule has 4 heterocycles. The van der Waals surface area contributed by atoms with Crippen LogP contribution in [0.5, 0.6) is 0 Å². The highest BCUT2D eigenvalue weighted by atomic mass is 32.1. The molecule has 0 radical (unpaired) electrons. The number of rotatable bonds is 2. The number of hydrogen-bond donors (Lipinski definition) is 3. The smallest absolute Gasteiger partial charge is 0.262 e. The molecule has 138 valence electrons. The van der Waals surface area contributed by atoms with E-state index in [0.717, 1.165) is 37.5 Å². The maximum Gasteiger partial charge on any atom is 0.262 e. The predicted molar refractivity (Wildman–Crippen MR) is 112 cm³/mol. The van der Waals surface area contributed by atoms with Crippen LogP contribution in [0.2, 0.25) is 0 Å². The van der Waals surface area contributed by atoms with E-state index in [-0.39, 0.29) is 29.2 Å². The minimum Gasteiger partial charge on any atom is -0.397 e. The number of likely N-dealkylation sites (N-methyl/N-ethyl adjacent to an activating group) is 1. The summed E-state index contributed by atoms with van der Waals surface area (Å²) >= 11 is 1.15. The summed E-state index contributed by atoms with van der Waals surface area (Å²) in [5.41, 5.74) is 7.77. The molecule has 8 heteroatoms. The third-order valence-electron chi connectivity index (χ3n) is 5.00. The average molecular weight is 383 g/mol. The molecule has 1 aliphatic heterocycles. The Morgan fingerprint density at radius 1 is 1.26 bits per heavy atom. The molecular weight excluding hydrogens is 360 g/mol. The number of nitrogens with one attached hydrogen (secondary N) is 2. The lowest BCUT2D eigenvalue weighted by atomic mass is 10.2. The van der Waals surface area contributed by atoms with Crippen LogP contribution in [0.4, 0.5) is 11.4 Å². The Kier molecular flexibility index (Phi) is 3.02. The molecule has 1 saturated heterocycles. The largest absolute Gasteiger partial charge is 0.397 e. The van der Waals surface area contributed by atoms with Gasteiger partial charge in [0.25, 0.3) is 5.56 Å². The number of hydrogen-bond acceptors (Lipinski definition) is 6. The van der Waals surface area contributed by atoms with Crippen LogP contribution in [0.3, 0.4) is 0 Å². The van der Waals surface area contributed by atoms with Crippen LogP contribution in [0.1, 0.15) is 4.11 Å². The Morgan fingerprint density at radius 3 is 2.89 bits per heavy atom. The number of piperazine rings is 1. The van der Waals surface area contributed by atoms with Crippen molar-refractivity contribution in [3.63, 3.8) is 0 Å². The zero-order chi connectivity index (χ0) is 21.2. The Hall–Kier alpha value is -2.84. The van der Waals surface area contributed by atoms with Crippen molar-refractivity contribution in [3.05, 3.63) is 39.9 Å². The molecule has 7 nitrogen and oxygen atoms in total. The second-order valence-electron chi connectivity index (χ2n) is 6.75. The first-order valence-corrected chi connectivity index (χ1v) is 9.51. The lowest BCUT2D eigenvalue weighted by Crippen LogP contribution is -2.44. The molecule has 0 atom stereocenters. The number of anilines is 2. The minimum atomic E-state index is -0.405. The van der Waals surface area contributed by atoms with Crippen LogP contribution in [-0.2, 0) is 0 Å². The fraction of sp³-hybridized carbons (Fsp3) is 0.263. The zero-order valence-electron chi connectivity index (χ0n) is 17.7. The van der Waals surface area contributed by atoms with Crippen molar-refractivity contribution in [2.75, 3.05) is 43.9 Å². The van der Waals surface area contributed by atoms with Gasteiger partial charge in [0, 0.05) is 37.3 Å². The lowest BCUT2D eigenvalue weighted by Gasteiger charge is -2.34. The molecular formula is C19H20N6OS. The standard InChI is InChI=1S/C19H20N6OS/c1-24-5-7-25(8-6-24)11-2-3-13-14(10-11)22-17(21-13)15-16(20)12-4-9-27-19(12)23-18(15)26/h2-4,9-10H,5-8H2,1H3,(H,21,22)(H3,20,23,26)/i2D,9D,10D. The molecule has 0 amide bonds. The summed E-state index contributed by atoms with van der Waals surface area (Å²) in [6.07, 6.45) is 0. The van der Waals surface area contributed by atoms with Gasteiger partial charge in [0.1, 0.15) is 16.2 Å². The third-order valence-corrected chi connectivity index (χ3v) is 5.76. The van der Waals surface area contributed by atoms with E-state index in [1.807, 2.05) is 4.90 Å². The molecule has 3 aromatic heterocycles. The number of nitrogen functional groups attached to an aromatic ring is 1. The number of aromatic amines is 2. The van der Waals surface area contributed by atoms with E-state index in [0.29, 0.717) is 32.3 Å². The number of pyridine rings is 1. The number of benzene rings is 1. The Morgan fingerprint density at radius 2 is 2.07 bits per heavy atom. The van der Waals surface area contributed by atoms with E-state index in [1.165, 1.54) is 0 Å².